The molecule has 2 aromatic rings. The smallest absolute Gasteiger partial charge is 0.337 e. The van der Waals surface area contributed by atoms with E-state index in [9.17, 15) is 4.79 Å². The van der Waals surface area contributed by atoms with Crippen LogP contribution < -0.4 is 0 Å². The summed E-state index contributed by atoms with van der Waals surface area (Å²) in [5.74, 6) is -0.983. The Labute approximate surface area is 86.4 Å². The van der Waals surface area contributed by atoms with Crippen molar-refractivity contribution in [3.8, 4) is 0 Å². The maximum atomic E-state index is 10.7. The van der Waals surface area contributed by atoms with Crippen LogP contribution in [0.3, 0.4) is 0 Å². The van der Waals surface area contributed by atoms with E-state index in [0.29, 0.717) is 11.0 Å². The predicted octanol–water partition coefficient (Wildman–Crippen LogP) is 1.71. The van der Waals surface area contributed by atoms with Gasteiger partial charge in [0.2, 0.25) is 0 Å². The average Bonchev–Trinajstić information content (AvgIpc) is 2.59. The summed E-state index contributed by atoms with van der Waals surface area (Å²) in [5.41, 5.74) is 1.49. The first-order valence-electron chi connectivity index (χ1n) is 4.66. The third-order valence-corrected chi connectivity index (χ3v) is 2.15. The number of rotatable bonds is 2. The topological polar surface area (TPSA) is 68.0 Å². The maximum Gasteiger partial charge on any atom is 0.337 e. The zero-order valence-electron chi connectivity index (χ0n) is 8.51. The molecular weight excluding hydrogens is 194 g/mol. The predicted molar refractivity (Wildman–Crippen MR) is 54.9 cm³/mol. The number of carbonyl (C=O) groups is 1. The normalized spacial score (nSPS) is 11.1. The lowest BCUT2D eigenvalue weighted by molar-refractivity contribution is 0.0696. The SMILES string of the molecule is CC(C)n1cc2ncc(C(=O)O)cc2n1. The molecule has 2 heterocycles. The van der Waals surface area contributed by atoms with Gasteiger partial charge in [0.1, 0.15) is 11.0 Å². The zero-order valence-corrected chi connectivity index (χ0v) is 8.51. The minimum absolute atomic E-state index is 0.163. The zero-order chi connectivity index (χ0) is 11.0. The van der Waals surface area contributed by atoms with Gasteiger partial charge in [0, 0.05) is 12.2 Å². The third kappa shape index (κ3) is 1.68. The van der Waals surface area contributed by atoms with Crippen LogP contribution in [0.15, 0.2) is 18.5 Å². The Bertz CT molecular complexity index is 516. The van der Waals surface area contributed by atoms with Crippen molar-refractivity contribution in [1.29, 1.82) is 0 Å². The van der Waals surface area contributed by atoms with Gasteiger partial charge >= 0.3 is 5.97 Å². The molecule has 0 aliphatic rings. The van der Waals surface area contributed by atoms with Crippen LogP contribution in [0.1, 0.15) is 30.2 Å². The summed E-state index contributed by atoms with van der Waals surface area (Å²) in [4.78, 5) is 14.8. The molecule has 0 radical (unpaired) electrons. The minimum Gasteiger partial charge on any atom is -0.478 e. The monoisotopic (exact) mass is 205 g/mol. The number of nitrogens with zero attached hydrogens (tertiary/aromatic N) is 3. The van der Waals surface area contributed by atoms with Gasteiger partial charge in [-0.1, -0.05) is 0 Å². The van der Waals surface area contributed by atoms with E-state index in [1.54, 1.807) is 4.68 Å². The van der Waals surface area contributed by atoms with Crippen LogP contribution in [-0.2, 0) is 0 Å². The Balaban J connectivity index is 2.57. The Morgan fingerprint density at radius 2 is 2.20 bits per heavy atom. The molecule has 2 rings (SSSR count). The fourth-order valence-electron chi connectivity index (χ4n) is 1.30. The fourth-order valence-corrected chi connectivity index (χ4v) is 1.30. The lowest BCUT2D eigenvalue weighted by Gasteiger charge is -2.01. The van der Waals surface area contributed by atoms with Crippen molar-refractivity contribution in [3.63, 3.8) is 0 Å². The highest BCUT2D eigenvalue weighted by Crippen LogP contribution is 2.14. The first-order chi connectivity index (χ1) is 7.08. The van der Waals surface area contributed by atoms with Gasteiger partial charge in [-0.25, -0.2) is 4.79 Å². The van der Waals surface area contributed by atoms with Crippen molar-refractivity contribution in [2.75, 3.05) is 0 Å². The summed E-state index contributed by atoms with van der Waals surface area (Å²) >= 11 is 0. The van der Waals surface area contributed by atoms with E-state index in [1.165, 1.54) is 12.3 Å². The molecule has 2 aromatic heterocycles. The van der Waals surface area contributed by atoms with Crippen LogP contribution in [-0.4, -0.2) is 25.8 Å². The highest BCUT2D eigenvalue weighted by molar-refractivity contribution is 5.91. The first-order valence-corrected chi connectivity index (χ1v) is 4.66. The molecular formula is C10H11N3O2. The second-order valence-corrected chi connectivity index (χ2v) is 3.64. The van der Waals surface area contributed by atoms with E-state index >= 15 is 0 Å². The molecule has 0 saturated carbocycles. The number of hydrogen-bond acceptors (Lipinski definition) is 3. The molecule has 0 fully saturated rings. The maximum absolute atomic E-state index is 10.7. The molecule has 0 spiro atoms. The van der Waals surface area contributed by atoms with Crippen LogP contribution >= 0.6 is 0 Å². The van der Waals surface area contributed by atoms with Crippen LogP contribution in [0.2, 0.25) is 0 Å². The van der Waals surface area contributed by atoms with Crippen molar-refractivity contribution < 1.29 is 9.90 Å². The van der Waals surface area contributed by atoms with Gasteiger partial charge in [-0.05, 0) is 19.9 Å². The molecule has 0 amide bonds. The molecule has 0 unspecified atom stereocenters. The van der Waals surface area contributed by atoms with Crippen LogP contribution in [0.5, 0.6) is 0 Å². The molecule has 0 aliphatic carbocycles. The van der Waals surface area contributed by atoms with E-state index in [4.69, 9.17) is 5.11 Å². The van der Waals surface area contributed by atoms with E-state index in [-0.39, 0.29) is 11.6 Å². The molecule has 1 N–H and O–H groups in total. The van der Waals surface area contributed by atoms with Gasteiger partial charge in [-0.2, -0.15) is 5.10 Å². The van der Waals surface area contributed by atoms with E-state index in [0.717, 1.165) is 0 Å². The summed E-state index contributed by atoms with van der Waals surface area (Å²) in [5, 5.41) is 13.0. The van der Waals surface area contributed by atoms with Crippen molar-refractivity contribution in [1.82, 2.24) is 14.8 Å². The molecule has 0 aliphatic heterocycles. The Morgan fingerprint density at radius 3 is 2.80 bits per heavy atom. The molecule has 0 aromatic carbocycles. The summed E-state index contributed by atoms with van der Waals surface area (Å²) in [6.45, 7) is 4.01. The molecule has 0 bridgehead atoms. The van der Waals surface area contributed by atoms with Crippen LogP contribution in [0.4, 0.5) is 0 Å². The Hall–Kier alpha value is -1.91. The van der Waals surface area contributed by atoms with Gasteiger partial charge < -0.3 is 5.11 Å². The third-order valence-electron chi connectivity index (χ3n) is 2.15. The number of fused-ring (bicyclic) bond motifs is 1. The Morgan fingerprint density at radius 1 is 1.47 bits per heavy atom. The van der Waals surface area contributed by atoms with Crippen LogP contribution in [0.25, 0.3) is 11.0 Å². The summed E-state index contributed by atoms with van der Waals surface area (Å²) < 4.78 is 1.77. The molecule has 15 heavy (non-hydrogen) atoms. The lowest BCUT2D eigenvalue weighted by atomic mass is 10.2. The molecule has 0 atom stereocenters. The standard InChI is InChI=1S/C10H11N3O2/c1-6(2)13-5-9-8(12-13)3-7(4-11-9)10(14)15/h3-6H,1-2H3,(H,14,15). The van der Waals surface area contributed by atoms with Crippen molar-refractivity contribution in [2.24, 2.45) is 0 Å². The number of aromatic nitrogens is 3. The molecule has 5 nitrogen and oxygen atoms in total. The van der Waals surface area contributed by atoms with E-state index < -0.39 is 5.97 Å². The second kappa shape index (κ2) is 3.34. The number of pyridine rings is 1. The van der Waals surface area contributed by atoms with Crippen LogP contribution in [0, 0.1) is 0 Å². The lowest BCUT2D eigenvalue weighted by Crippen LogP contribution is -2.00. The second-order valence-electron chi connectivity index (χ2n) is 3.64. The highest BCUT2D eigenvalue weighted by Gasteiger charge is 2.08. The fraction of sp³-hybridized carbons (Fsp3) is 0.300. The van der Waals surface area contributed by atoms with Gasteiger partial charge in [-0.15, -0.1) is 0 Å². The van der Waals surface area contributed by atoms with Gasteiger partial charge in [0.15, 0.2) is 0 Å². The number of carboxylic acids is 1. The summed E-state index contributed by atoms with van der Waals surface area (Å²) in [6.07, 6.45) is 3.16. The quantitative estimate of drug-likeness (QED) is 0.810. The molecule has 0 saturated heterocycles. The average molecular weight is 205 g/mol. The summed E-state index contributed by atoms with van der Waals surface area (Å²) in [6, 6.07) is 1.77. The van der Waals surface area contributed by atoms with E-state index in [1.807, 2.05) is 20.0 Å². The largest absolute Gasteiger partial charge is 0.478 e. The first kappa shape index (κ1) is 9.64. The molecule has 5 heteroatoms. The number of hydrogen-bond donors (Lipinski definition) is 1. The number of carboxylic acid groups (broad SMARTS) is 1. The highest BCUT2D eigenvalue weighted by atomic mass is 16.4. The van der Waals surface area contributed by atoms with Crippen molar-refractivity contribution >= 4 is 17.0 Å². The van der Waals surface area contributed by atoms with Crippen molar-refractivity contribution in [2.45, 2.75) is 19.9 Å². The van der Waals surface area contributed by atoms with Gasteiger partial charge in [0.25, 0.3) is 0 Å². The Kier molecular flexibility index (Phi) is 2.15. The molecule has 78 valence electrons. The van der Waals surface area contributed by atoms with Gasteiger partial charge in [0.05, 0.1) is 11.8 Å². The number of aromatic carboxylic acids is 1. The minimum atomic E-state index is -0.983. The van der Waals surface area contributed by atoms with Crippen molar-refractivity contribution in [3.05, 3.63) is 24.0 Å². The van der Waals surface area contributed by atoms with E-state index in [2.05, 4.69) is 10.1 Å². The van der Waals surface area contributed by atoms with Gasteiger partial charge in [-0.3, -0.25) is 9.67 Å². The summed E-state index contributed by atoms with van der Waals surface area (Å²) in [7, 11) is 0.